The van der Waals surface area contributed by atoms with Gasteiger partial charge in [0.15, 0.2) is 5.17 Å². The van der Waals surface area contributed by atoms with Crippen molar-refractivity contribution in [1.82, 2.24) is 0 Å². The molecule has 0 radical (unpaired) electrons. The summed E-state index contributed by atoms with van der Waals surface area (Å²) >= 11 is 7.30. The molecular weight excluding hydrogens is 396 g/mol. The van der Waals surface area contributed by atoms with Crippen LogP contribution in [0.5, 0.6) is 0 Å². The molecule has 0 atom stereocenters. The lowest BCUT2D eigenvalue weighted by molar-refractivity contribution is 0.0472. The van der Waals surface area contributed by atoms with E-state index < -0.39 is 16.0 Å². The first-order chi connectivity index (χ1) is 12.4. The number of nitrogens with zero attached hydrogens (tertiary/aromatic N) is 2. The lowest BCUT2D eigenvalue weighted by Gasteiger charge is -2.22. The standard InChI is InChI=1S/C17H13ClN2O4S2/c18-13-4-2-1-3-12(13)10-24-16(21)11-5-6-14-15(9-11)25-17-19-26(22,23)8-7-20(14)17/h1-6,9H,7-8,10H2. The third-order valence-corrected chi connectivity index (χ3v) is 6.70. The molecule has 2 aliphatic heterocycles. The van der Waals surface area contributed by atoms with Gasteiger partial charge in [0.1, 0.15) is 6.61 Å². The molecule has 0 N–H and O–H groups in total. The minimum Gasteiger partial charge on any atom is -0.457 e. The van der Waals surface area contributed by atoms with Crippen molar-refractivity contribution < 1.29 is 17.9 Å². The molecule has 0 saturated carbocycles. The van der Waals surface area contributed by atoms with Gasteiger partial charge in [-0.2, -0.15) is 0 Å². The van der Waals surface area contributed by atoms with E-state index in [9.17, 15) is 13.2 Å². The number of carbonyl (C=O) groups excluding carboxylic acids is 1. The Morgan fingerprint density at radius 2 is 2.08 bits per heavy atom. The van der Waals surface area contributed by atoms with Gasteiger partial charge in [0.2, 0.25) is 0 Å². The molecule has 2 aromatic rings. The zero-order valence-corrected chi connectivity index (χ0v) is 15.8. The van der Waals surface area contributed by atoms with Gasteiger partial charge in [0.05, 0.1) is 17.0 Å². The van der Waals surface area contributed by atoms with Crippen LogP contribution < -0.4 is 4.90 Å². The van der Waals surface area contributed by atoms with E-state index in [1.54, 1.807) is 30.3 Å². The number of ether oxygens (including phenoxy) is 1. The molecule has 0 bridgehead atoms. The van der Waals surface area contributed by atoms with E-state index in [0.29, 0.717) is 22.3 Å². The second-order valence-corrected chi connectivity index (χ2v) is 8.93. The molecule has 0 aliphatic carbocycles. The molecule has 0 amide bonds. The number of rotatable bonds is 3. The first kappa shape index (κ1) is 17.4. The van der Waals surface area contributed by atoms with Gasteiger partial charge in [0.25, 0.3) is 10.0 Å². The van der Waals surface area contributed by atoms with Gasteiger partial charge in [-0.05, 0) is 36.0 Å². The molecule has 0 spiro atoms. The molecule has 6 nitrogen and oxygen atoms in total. The highest BCUT2D eigenvalue weighted by Gasteiger charge is 2.33. The summed E-state index contributed by atoms with van der Waals surface area (Å²) in [6, 6.07) is 12.3. The number of hydrogen-bond donors (Lipinski definition) is 0. The van der Waals surface area contributed by atoms with E-state index in [1.807, 2.05) is 17.0 Å². The minimum absolute atomic E-state index is 0.0157. The molecule has 2 aromatic carbocycles. The van der Waals surface area contributed by atoms with Crippen LogP contribution in [0, 0.1) is 0 Å². The van der Waals surface area contributed by atoms with Gasteiger partial charge in [-0.25, -0.2) is 13.2 Å². The number of amidine groups is 1. The van der Waals surface area contributed by atoms with Gasteiger partial charge < -0.3 is 9.64 Å². The van der Waals surface area contributed by atoms with Crippen molar-refractivity contribution in [3.05, 3.63) is 58.6 Å². The normalized spacial score (nSPS) is 17.3. The number of anilines is 1. The average molecular weight is 409 g/mol. The van der Waals surface area contributed by atoms with Crippen LogP contribution in [-0.2, 0) is 21.4 Å². The van der Waals surface area contributed by atoms with E-state index >= 15 is 0 Å². The Morgan fingerprint density at radius 3 is 2.88 bits per heavy atom. The quantitative estimate of drug-likeness (QED) is 0.725. The summed E-state index contributed by atoms with van der Waals surface area (Å²) in [5.41, 5.74) is 1.98. The van der Waals surface area contributed by atoms with Crippen molar-refractivity contribution in [2.45, 2.75) is 11.5 Å². The molecule has 0 saturated heterocycles. The number of halogens is 1. The number of esters is 1. The maximum Gasteiger partial charge on any atom is 0.338 e. The van der Waals surface area contributed by atoms with E-state index in [-0.39, 0.29) is 12.4 Å². The summed E-state index contributed by atoms with van der Waals surface area (Å²) in [5, 5.41) is 0.966. The first-order valence-electron chi connectivity index (χ1n) is 7.75. The first-order valence-corrected chi connectivity index (χ1v) is 10.6. The Balaban J connectivity index is 1.52. The van der Waals surface area contributed by atoms with Crippen molar-refractivity contribution in [1.29, 1.82) is 0 Å². The molecule has 134 valence electrons. The second kappa shape index (κ2) is 6.61. The Hall–Kier alpha value is -2.03. The fourth-order valence-corrected chi connectivity index (χ4v) is 5.19. The smallest absolute Gasteiger partial charge is 0.338 e. The Kier molecular flexibility index (Phi) is 4.42. The Morgan fingerprint density at radius 1 is 1.27 bits per heavy atom. The van der Waals surface area contributed by atoms with Crippen molar-refractivity contribution in [3.63, 3.8) is 0 Å². The highest BCUT2D eigenvalue weighted by atomic mass is 35.5. The maximum absolute atomic E-state index is 12.3. The predicted molar refractivity (Wildman–Crippen MR) is 101 cm³/mol. The van der Waals surface area contributed by atoms with E-state index in [2.05, 4.69) is 4.40 Å². The number of benzene rings is 2. The lowest BCUT2D eigenvalue weighted by Crippen LogP contribution is -2.35. The maximum atomic E-state index is 12.3. The van der Waals surface area contributed by atoms with E-state index in [4.69, 9.17) is 16.3 Å². The molecule has 0 unspecified atom stereocenters. The van der Waals surface area contributed by atoms with Crippen molar-refractivity contribution in [3.8, 4) is 0 Å². The number of thioether (sulfide) groups is 1. The van der Waals surface area contributed by atoms with Crippen LogP contribution in [0.15, 0.2) is 51.8 Å². The van der Waals surface area contributed by atoms with Crippen LogP contribution in [0.2, 0.25) is 5.02 Å². The summed E-state index contributed by atoms with van der Waals surface area (Å²) in [5.74, 6) is -0.481. The van der Waals surface area contributed by atoms with Crippen molar-refractivity contribution in [2.24, 2.45) is 4.40 Å². The third kappa shape index (κ3) is 3.32. The number of hydrogen-bond acceptors (Lipinski definition) is 6. The number of carbonyl (C=O) groups is 1. The zero-order valence-electron chi connectivity index (χ0n) is 13.4. The molecule has 9 heteroatoms. The monoisotopic (exact) mass is 408 g/mol. The third-order valence-electron chi connectivity index (χ3n) is 4.03. The number of fused-ring (bicyclic) bond motifs is 3. The van der Waals surface area contributed by atoms with E-state index in [0.717, 1.165) is 16.1 Å². The molecule has 26 heavy (non-hydrogen) atoms. The van der Waals surface area contributed by atoms with Gasteiger partial charge in [-0.3, -0.25) is 0 Å². The SMILES string of the molecule is O=C(OCc1ccccc1Cl)c1ccc2c(c1)SC1=NS(=O)(=O)CCN12. The molecule has 2 heterocycles. The van der Waals surface area contributed by atoms with Gasteiger partial charge in [0, 0.05) is 22.0 Å². The predicted octanol–water partition coefficient (Wildman–Crippen LogP) is 3.31. The van der Waals surface area contributed by atoms with Crippen LogP contribution in [0.25, 0.3) is 0 Å². The topological polar surface area (TPSA) is 76.0 Å². The molecule has 0 fully saturated rings. The zero-order chi connectivity index (χ0) is 18.3. The highest BCUT2D eigenvalue weighted by Crippen LogP contribution is 2.42. The lowest BCUT2D eigenvalue weighted by atomic mass is 10.2. The summed E-state index contributed by atoms with van der Waals surface area (Å²) < 4.78 is 32.4. The molecular formula is C17H13ClN2O4S2. The van der Waals surface area contributed by atoms with Gasteiger partial charge in [-0.1, -0.05) is 29.8 Å². The summed E-state index contributed by atoms with van der Waals surface area (Å²) in [4.78, 5) is 15.0. The number of sulfonamides is 1. The molecule has 2 aliphatic rings. The highest BCUT2D eigenvalue weighted by molar-refractivity contribution is 8.15. The Labute approximate surface area is 159 Å². The fourth-order valence-electron chi connectivity index (χ4n) is 2.70. The van der Waals surface area contributed by atoms with Crippen LogP contribution in [0.1, 0.15) is 15.9 Å². The minimum atomic E-state index is -3.40. The van der Waals surface area contributed by atoms with Crippen LogP contribution in [0.4, 0.5) is 5.69 Å². The Bertz CT molecular complexity index is 1040. The van der Waals surface area contributed by atoms with Crippen molar-refractivity contribution in [2.75, 3.05) is 17.2 Å². The largest absolute Gasteiger partial charge is 0.457 e. The van der Waals surface area contributed by atoms with Crippen LogP contribution in [-0.4, -0.2) is 31.9 Å². The molecule has 0 aromatic heterocycles. The summed E-state index contributed by atoms with van der Waals surface area (Å²) in [6.07, 6.45) is 0. The van der Waals surface area contributed by atoms with Gasteiger partial charge in [-0.15, -0.1) is 4.40 Å². The average Bonchev–Trinajstić information content (AvgIpc) is 2.95. The van der Waals surface area contributed by atoms with Crippen molar-refractivity contribution >= 4 is 50.2 Å². The molecule has 4 rings (SSSR count). The fraction of sp³-hybridized carbons (Fsp3) is 0.176. The second-order valence-electron chi connectivity index (χ2n) is 5.76. The van der Waals surface area contributed by atoms with Crippen LogP contribution >= 0.6 is 23.4 Å². The van der Waals surface area contributed by atoms with E-state index in [1.165, 1.54) is 11.8 Å². The van der Waals surface area contributed by atoms with Gasteiger partial charge >= 0.3 is 5.97 Å². The summed E-state index contributed by atoms with van der Waals surface area (Å²) in [6.45, 7) is 0.442. The summed E-state index contributed by atoms with van der Waals surface area (Å²) in [7, 11) is -3.40. The van der Waals surface area contributed by atoms with Crippen LogP contribution in [0.3, 0.4) is 0 Å².